The van der Waals surface area contributed by atoms with E-state index in [9.17, 15) is 20.1 Å². The van der Waals surface area contributed by atoms with Crippen molar-refractivity contribution in [3.63, 3.8) is 0 Å². The second-order valence-corrected chi connectivity index (χ2v) is 6.14. The van der Waals surface area contributed by atoms with Gasteiger partial charge in [-0.3, -0.25) is 9.38 Å². The molecule has 0 aliphatic heterocycles. The second-order valence-electron chi connectivity index (χ2n) is 6.14. The third-order valence-corrected chi connectivity index (χ3v) is 4.36. The van der Waals surface area contributed by atoms with Gasteiger partial charge in [0.25, 0.3) is 0 Å². The first-order valence-corrected chi connectivity index (χ1v) is 8.51. The Hall–Kier alpha value is -4.27. The summed E-state index contributed by atoms with van der Waals surface area (Å²) in [7, 11) is 1.30. The van der Waals surface area contributed by atoms with Gasteiger partial charge in [0.05, 0.1) is 18.9 Å². The molecule has 2 aromatic heterocycles. The summed E-state index contributed by atoms with van der Waals surface area (Å²) in [6.45, 7) is 0. The van der Waals surface area contributed by atoms with Gasteiger partial charge in [-0.25, -0.2) is 9.78 Å². The Kier molecular flexibility index (Phi) is 4.40. The predicted molar refractivity (Wildman–Crippen MR) is 104 cm³/mol. The summed E-state index contributed by atoms with van der Waals surface area (Å²) in [6, 6.07) is 9.39. The third kappa shape index (κ3) is 3.14. The quantitative estimate of drug-likeness (QED) is 0.308. The summed E-state index contributed by atoms with van der Waals surface area (Å²) in [5.74, 6) is -1.61. The number of rotatable bonds is 4. The van der Waals surface area contributed by atoms with E-state index in [1.807, 2.05) is 0 Å². The van der Waals surface area contributed by atoms with E-state index in [1.54, 1.807) is 41.1 Å². The number of aromatic nitrogens is 3. The zero-order chi connectivity index (χ0) is 20.5. The number of ether oxygens (including phenoxy) is 1. The van der Waals surface area contributed by atoms with Gasteiger partial charge in [0.1, 0.15) is 11.5 Å². The van der Waals surface area contributed by atoms with Crippen LogP contribution in [0.25, 0.3) is 16.9 Å². The van der Waals surface area contributed by atoms with Crippen molar-refractivity contribution in [1.82, 2.24) is 14.4 Å². The molecule has 4 aromatic rings. The number of hydrogen-bond acceptors (Lipinski definition) is 8. The van der Waals surface area contributed by atoms with Gasteiger partial charge in [-0.15, -0.1) is 0 Å². The first-order valence-electron chi connectivity index (χ1n) is 8.51. The highest BCUT2D eigenvalue weighted by molar-refractivity contribution is 5.91. The normalized spacial score (nSPS) is 10.8. The molecule has 4 N–H and O–H groups in total. The zero-order valence-electron chi connectivity index (χ0n) is 15.2. The first-order chi connectivity index (χ1) is 14.0. The van der Waals surface area contributed by atoms with Crippen molar-refractivity contribution >= 4 is 23.1 Å². The number of phenols is 3. The summed E-state index contributed by atoms with van der Waals surface area (Å²) < 4.78 is 6.46. The van der Waals surface area contributed by atoms with Gasteiger partial charge in [0.15, 0.2) is 17.1 Å². The number of hydrogen-bond donors (Lipinski definition) is 4. The molecule has 0 radical (unpaired) electrons. The fourth-order valence-corrected chi connectivity index (χ4v) is 2.95. The molecular formula is C20H16N4O5. The molecule has 4 rings (SSSR count). The second kappa shape index (κ2) is 7.04. The van der Waals surface area contributed by atoms with Crippen LogP contribution in [-0.2, 0) is 4.74 Å². The van der Waals surface area contributed by atoms with Gasteiger partial charge in [0, 0.05) is 23.6 Å². The number of imidazole rings is 1. The largest absolute Gasteiger partial charge is 0.504 e. The molecule has 0 atom stereocenters. The van der Waals surface area contributed by atoms with E-state index in [-0.39, 0.29) is 5.56 Å². The average Bonchev–Trinajstić information content (AvgIpc) is 3.10. The fraction of sp³-hybridized carbons (Fsp3) is 0.0500. The molecule has 0 saturated heterocycles. The van der Waals surface area contributed by atoms with E-state index in [2.05, 4.69) is 15.3 Å². The van der Waals surface area contributed by atoms with Crippen molar-refractivity contribution in [1.29, 1.82) is 0 Å². The number of esters is 1. The third-order valence-electron chi connectivity index (χ3n) is 4.36. The Balaban J connectivity index is 1.88. The molecule has 0 saturated carbocycles. The SMILES string of the molecule is COC(=O)c1cccc(Nc2c(-c3ccc(O)c(O)c3O)nc3cnccn23)c1. The summed E-state index contributed by atoms with van der Waals surface area (Å²) >= 11 is 0. The van der Waals surface area contributed by atoms with Crippen LogP contribution in [0.2, 0.25) is 0 Å². The number of nitrogens with one attached hydrogen (secondary N) is 1. The van der Waals surface area contributed by atoms with Gasteiger partial charge in [-0.2, -0.15) is 0 Å². The number of nitrogens with zero attached hydrogens (tertiary/aromatic N) is 3. The fourth-order valence-electron chi connectivity index (χ4n) is 2.95. The van der Waals surface area contributed by atoms with Crippen LogP contribution in [0.15, 0.2) is 55.0 Å². The number of fused-ring (bicyclic) bond motifs is 1. The topological polar surface area (TPSA) is 129 Å². The first kappa shape index (κ1) is 18.1. The maximum atomic E-state index is 11.8. The van der Waals surface area contributed by atoms with E-state index in [0.29, 0.717) is 28.4 Å². The Morgan fingerprint density at radius 1 is 1.14 bits per heavy atom. The lowest BCUT2D eigenvalue weighted by Gasteiger charge is -2.11. The number of carbonyl (C=O) groups excluding carboxylic acids is 1. The van der Waals surface area contributed by atoms with Gasteiger partial charge in [-0.1, -0.05) is 6.07 Å². The molecule has 9 heteroatoms. The summed E-state index contributed by atoms with van der Waals surface area (Å²) in [5, 5.41) is 33.0. The van der Waals surface area contributed by atoms with Crippen LogP contribution in [-0.4, -0.2) is 42.8 Å². The van der Waals surface area contributed by atoms with Crippen molar-refractivity contribution in [2.75, 3.05) is 12.4 Å². The molecule has 146 valence electrons. The summed E-state index contributed by atoms with van der Waals surface area (Å²) in [4.78, 5) is 20.3. The van der Waals surface area contributed by atoms with Crippen LogP contribution >= 0.6 is 0 Å². The van der Waals surface area contributed by atoms with Crippen molar-refractivity contribution in [2.45, 2.75) is 0 Å². The molecule has 9 nitrogen and oxygen atoms in total. The standard InChI is InChI=1S/C20H16N4O5/c1-29-20(28)11-3-2-4-12(9-11)22-19-16(23-15-10-21-7-8-24(15)19)13-5-6-14(25)18(27)17(13)26/h2-10,22,25-27H,1H3. The monoisotopic (exact) mass is 392 g/mol. The molecule has 0 amide bonds. The van der Waals surface area contributed by atoms with Crippen molar-refractivity contribution in [3.05, 3.63) is 60.6 Å². The molecule has 0 aliphatic rings. The Bertz CT molecular complexity index is 1240. The number of benzene rings is 2. The zero-order valence-corrected chi connectivity index (χ0v) is 15.2. The molecule has 0 fully saturated rings. The highest BCUT2D eigenvalue weighted by Crippen LogP contribution is 2.44. The van der Waals surface area contributed by atoms with Gasteiger partial charge in [-0.05, 0) is 30.3 Å². The van der Waals surface area contributed by atoms with E-state index < -0.39 is 23.2 Å². The van der Waals surface area contributed by atoms with Crippen molar-refractivity contribution in [3.8, 4) is 28.5 Å². The number of methoxy groups -OCH3 is 1. The Labute approximate surface area is 164 Å². The van der Waals surface area contributed by atoms with E-state index in [0.717, 1.165) is 0 Å². The van der Waals surface area contributed by atoms with Crippen LogP contribution in [0.5, 0.6) is 17.2 Å². The van der Waals surface area contributed by atoms with Crippen LogP contribution in [0.1, 0.15) is 10.4 Å². The lowest BCUT2D eigenvalue weighted by Crippen LogP contribution is -2.03. The highest BCUT2D eigenvalue weighted by atomic mass is 16.5. The highest BCUT2D eigenvalue weighted by Gasteiger charge is 2.21. The summed E-state index contributed by atoms with van der Waals surface area (Å²) in [5.41, 5.74) is 1.95. The molecule has 29 heavy (non-hydrogen) atoms. The van der Waals surface area contributed by atoms with Crippen LogP contribution in [0.4, 0.5) is 11.5 Å². The van der Waals surface area contributed by atoms with Crippen LogP contribution < -0.4 is 5.32 Å². The van der Waals surface area contributed by atoms with Gasteiger partial charge in [0.2, 0.25) is 5.75 Å². The van der Waals surface area contributed by atoms with E-state index in [4.69, 9.17) is 4.74 Å². The van der Waals surface area contributed by atoms with Crippen LogP contribution in [0.3, 0.4) is 0 Å². The minimum atomic E-state index is -0.642. The molecule has 0 spiro atoms. The van der Waals surface area contributed by atoms with Gasteiger partial charge < -0.3 is 25.4 Å². The molecular weight excluding hydrogens is 376 g/mol. The average molecular weight is 392 g/mol. The molecule has 0 bridgehead atoms. The number of anilines is 2. The lowest BCUT2D eigenvalue weighted by molar-refractivity contribution is 0.0601. The Morgan fingerprint density at radius 3 is 2.76 bits per heavy atom. The number of carbonyl (C=O) groups is 1. The Morgan fingerprint density at radius 2 is 1.97 bits per heavy atom. The number of aromatic hydroxyl groups is 3. The van der Waals surface area contributed by atoms with E-state index in [1.165, 1.54) is 25.4 Å². The maximum absolute atomic E-state index is 11.8. The maximum Gasteiger partial charge on any atom is 0.337 e. The molecule has 2 heterocycles. The minimum absolute atomic E-state index is 0.204. The van der Waals surface area contributed by atoms with Crippen molar-refractivity contribution < 1.29 is 24.9 Å². The number of phenolic OH excluding ortho intramolecular Hbond substituents is 3. The molecule has 2 aromatic carbocycles. The smallest absolute Gasteiger partial charge is 0.337 e. The predicted octanol–water partition coefficient (Wildman–Crippen LogP) is 3.04. The van der Waals surface area contributed by atoms with Crippen molar-refractivity contribution in [2.24, 2.45) is 0 Å². The van der Waals surface area contributed by atoms with Crippen LogP contribution in [0, 0.1) is 0 Å². The van der Waals surface area contributed by atoms with E-state index >= 15 is 0 Å². The summed E-state index contributed by atoms with van der Waals surface area (Å²) in [6.07, 6.45) is 4.79. The minimum Gasteiger partial charge on any atom is -0.504 e. The molecule has 0 unspecified atom stereocenters. The van der Waals surface area contributed by atoms with Gasteiger partial charge >= 0.3 is 5.97 Å². The molecule has 0 aliphatic carbocycles. The lowest BCUT2D eigenvalue weighted by atomic mass is 10.1.